The molecule has 0 aliphatic carbocycles. The van der Waals surface area contributed by atoms with E-state index in [2.05, 4.69) is 15.4 Å². The Morgan fingerprint density at radius 2 is 1.70 bits per heavy atom. The Morgan fingerprint density at radius 1 is 1.07 bits per heavy atom. The van der Waals surface area contributed by atoms with Gasteiger partial charge in [0.1, 0.15) is 18.2 Å². The standard InChI is InChI=1S/C26H28F7N5O2/c1-16(18-12-19(25(28,29)30)14-20(13-18)26(31,32)33)40-24(2)22(17-4-6-21(27)7-5-17)38(10-11-39-24)23-35-15-37(36-23)9-8-34-3/h4-7,12-16,22,34H,8-11H2,1-3H3/t16-,22+,24-/m1/s1. The van der Waals surface area contributed by atoms with E-state index in [9.17, 15) is 30.7 Å². The van der Waals surface area contributed by atoms with Crippen molar-refractivity contribution in [2.24, 2.45) is 0 Å². The van der Waals surface area contributed by atoms with Gasteiger partial charge in [0.2, 0.25) is 5.95 Å². The number of ether oxygens (including phenoxy) is 2. The number of morpholine rings is 1. The van der Waals surface area contributed by atoms with E-state index in [1.165, 1.54) is 44.4 Å². The third kappa shape index (κ3) is 6.56. The largest absolute Gasteiger partial charge is 0.416 e. The van der Waals surface area contributed by atoms with Crippen molar-refractivity contribution < 1.29 is 40.2 Å². The molecule has 1 aliphatic heterocycles. The van der Waals surface area contributed by atoms with Crippen LogP contribution in [0.3, 0.4) is 0 Å². The third-order valence-corrected chi connectivity index (χ3v) is 6.58. The van der Waals surface area contributed by atoms with Crippen LogP contribution in [0.5, 0.6) is 0 Å². The molecule has 0 unspecified atom stereocenters. The first-order valence-electron chi connectivity index (χ1n) is 12.4. The van der Waals surface area contributed by atoms with E-state index in [-0.39, 0.29) is 24.8 Å². The number of nitrogens with one attached hydrogen (secondary N) is 1. The fourth-order valence-electron chi connectivity index (χ4n) is 4.66. The van der Waals surface area contributed by atoms with E-state index in [0.29, 0.717) is 36.7 Å². The van der Waals surface area contributed by atoms with Gasteiger partial charge in [-0.25, -0.2) is 14.1 Å². The van der Waals surface area contributed by atoms with Crippen LogP contribution in [0.15, 0.2) is 48.8 Å². The average Bonchev–Trinajstić information content (AvgIpc) is 3.35. The first-order valence-corrected chi connectivity index (χ1v) is 12.4. The van der Waals surface area contributed by atoms with Gasteiger partial charge in [-0.1, -0.05) is 12.1 Å². The Bertz CT molecular complexity index is 1260. The minimum Gasteiger partial charge on any atom is -0.346 e. The monoisotopic (exact) mass is 575 g/mol. The van der Waals surface area contributed by atoms with Crippen LogP contribution in [0.25, 0.3) is 0 Å². The lowest BCUT2D eigenvalue weighted by Gasteiger charge is -2.48. The van der Waals surface area contributed by atoms with E-state index in [4.69, 9.17) is 9.47 Å². The number of hydrogen-bond donors (Lipinski definition) is 1. The minimum absolute atomic E-state index is 0.0636. The second-order valence-corrected chi connectivity index (χ2v) is 9.52. The molecule has 14 heteroatoms. The molecular weight excluding hydrogens is 547 g/mol. The molecule has 0 spiro atoms. The minimum atomic E-state index is -5.01. The van der Waals surface area contributed by atoms with Gasteiger partial charge < -0.3 is 19.7 Å². The van der Waals surface area contributed by atoms with Crippen molar-refractivity contribution in [3.05, 3.63) is 76.9 Å². The van der Waals surface area contributed by atoms with Gasteiger partial charge in [-0.3, -0.25) is 0 Å². The molecule has 1 N–H and O–H groups in total. The summed E-state index contributed by atoms with van der Waals surface area (Å²) in [5, 5.41) is 7.50. The van der Waals surface area contributed by atoms with Crippen LogP contribution in [0.1, 0.15) is 48.2 Å². The maximum atomic E-state index is 13.8. The molecule has 3 aromatic rings. The molecule has 2 heterocycles. The van der Waals surface area contributed by atoms with Crippen molar-refractivity contribution in [3.63, 3.8) is 0 Å². The molecule has 1 aromatic heterocycles. The highest BCUT2D eigenvalue weighted by molar-refractivity contribution is 5.39. The van der Waals surface area contributed by atoms with E-state index in [1.54, 1.807) is 16.6 Å². The number of rotatable bonds is 8. The number of hydrogen-bond acceptors (Lipinski definition) is 6. The highest BCUT2D eigenvalue weighted by atomic mass is 19.4. The third-order valence-electron chi connectivity index (χ3n) is 6.58. The zero-order chi connectivity index (χ0) is 29.3. The van der Waals surface area contributed by atoms with Crippen molar-refractivity contribution in [1.82, 2.24) is 20.1 Å². The molecular formula is C26H28F7N5O2. The fraction of sp³-hybridized carbons (Fsp3) is 0.462. The van der Waals surface area contributed by atoms with Crippen LogP contribution in [0, 0.1) is 5.82 Å². The Labute approximate surface area is 225 Å². The maximum Gasteiger partial charge on any atom is 0.416 e. The average molecular weight is 576 g/mol. The van der Waals surface area contributed by atoms with Crippen LogP contribution >= 0.6 is 0 Å². The van der Waals surface area contributed by atoms with Crippen molar-refractivity contribution in [2.45, 2.75) is 50.7 Å². The Hall–Kier alpha value is -3.23. The normalized spacial score (nSPS) is 21.1. The summed E-state index contributed by atoms with van der Waals surface area (Å²) in [6.07, 6.45) is -9.75. The topological polar surface area (TPSA) is 64.4 Å². The molecule has 1 saturated heterocycles. The lowest BCUT2D eigenvalue weighted by molar-refractivity contribution is -0.271. The van der Waals surface area contributed by atoms with Crippen molar-refractivity contribution in [2.75, 3.05) is 31.6 Å². The van der Waals surface area contributed by atoms with Crippen LogP contribution in [-0.2, 0) is 28.4 Å². The quantitative estimate of drug-likeness (QED) is 0.346. The molecule has 1 fully saturated rings. The summed E-state index contributed by atoms with van der Waals surface area (Å²) in [5.41, 5.74) is -2.72. The van der Waals surface area contributed by atoms with Crippen molar-refractivity contribution in [3.8, 4) is 0 Å². The molecule has 0 bridgehead atoms. The lowest BCUT2D eigenvalue weighted by Crippen LogP contribution is -2.55. The predicted molar refractivity (Wildman–Crippen MR) is 131 cm³/mol. The Balaban J connectivity index is 1.73. The first kappa shape index (κ1) is 29.7. The molecule has 0 amide bonds. The van der Waals surface area contributed by atoms with Crippen molar-refractivity contribution >= 4 is 5.95 Å². The lowest BCUT2D eigenvalue weighted by atomic mass is 9.95. The molecule has 0 saturated carbocycles. The van der Waals surface area contributed by atoms with Crippen LogP contribution in [0.2, 0.25) is 0 Å². The van der Waals surface area contributed by atoms with Crippen molar-refractivity contribution in [1.29, 1.82) is 0 Å². The zero-order valence-electron chi connectivity index (χ0n) is 21.9. The molecule has 0 radical (unpaired) electrons. The van der Waals surface area contributed by atoms with Gasteiger partial charge in [0.25, 0.3) is 0 Å². The van der Waals surface area contributed by atoms with Crippen LogP contribution in [0.4, 0.5) is 36.7 Å². The summed E-state index contributed by atoms with van der Waals surface area (Å²) >= 11 is 0. The van der Waals surface area contributed by atoms with Gasteiger partial charge in [-0.2, -0.15) is 26.3 Å². The Morgan fingerprint density at radius 3 is 2.27 bits per heavy atom. The molecule has 40 heavy (non-hydrogen) atoms. The molecule has 218 valence electrons. The van der Waals surface area contributed by atoms with E-state index < -0.39 is 47.2 Å². The SMILES string of the molecule is CNCCn1cnc(N2CCO[C@](C)(O[C@H](C)c3cc(C(F)(F)F)cc(C(F)(F)F)c3)[C@@H]2c2ccc(F)cc2)n1. The van der Waals surface area contributed by atoms with E-state index in [0.717, 1.165) is 0 Å². The molecule has 7 nitrogen and oxygen atoms in total. The van der Waals surface area contributed by atoms with Gasteiger partial charge in [0.15, 0.2) is 5.79 Å². The van der Waals surface area contributed by atoms with E-state index in [1.807, 2.05) is 0 Å². The van der Waals surface area contributed by atoms with Gasteiger partial charge in [0.05, 0.1) is 30.4 Å². The number of anilines is 1. The number of aromatic nitrogens is 3. The maximum absolute atomic E-state index is 13.8. The van der Waals surface area contributed by atoms with Gasteiger partial charge in [0, 0.05) is 13.1 Å². The molecule has 3 atom stereocenters. The van der Waals surface area contributed by atoms with E-state index >= 15 is 0 Å². The number of nitrogens with zero attached hydrogens (tertiary/aromatic N) is 4. The number of likely N-dealkylation sites (N-methyl/N-ethyl adjacent to an activating group) is 1. The summed E-state index contributed by atoms with van der Waals surface area (Å²) in [5.74, 6) is -1.81. The summed E-state index contributed by atoms with van der Waals surface area (Å²) < 4.78 is 108. The van der Waals surface area contributed by atoms with Crippen LogP contribution < -0.4 is 10.2 Å². The first-order chi connectivity index (χ1) is 18.7. The smallest absolute Gasteiger partial charge is 0.346 e. The summed E-state index contributed by atoms with van der Waals surface area (Å²) in [6.45, 7) is 4.39. The second kappa shape index (κ2) is 11.3. The number of benzene rings is 2. The van der Waals surface area contributed by atoms with Gasteiger partial charge >= 0.3 is 12.4 Å². The summed E-state index contributed by atoms with van der Waals surface area (Å²) in [6, 6.07) is 5.94. The zero-order valence-corrected chi connectivity index (χ0v) is 21.9. The molecule has 2 aromatic carbocycles. The second-order valence-electron chi connectivity index (χ2n) is 9.52. The highest BCUT2D eigenvalue weighted by Crippen LogP contribution is 2.44. The molecule has 4 rings (SSSR count). The summed E-state index contributed by atoms with van der Waals surface area (Å²) in [7, 11) is 1.79. The number of alkyl halides is 6. The fourth-order valence-corrected chi connectivity index (χ4v) is 4.66. The van der Waals surface area contributed by atoms with Crippen LogP contribution in [-0.4, -0.2) is 47.3 Å². The summed E-state index contributed by atoms with van der Waals surface area (Å²) in [4.78, 5) is 6.14. The predicted octanol–water partition coefficient (Wildman–Crippen LogP) is 5.75. The number of halogens is 7. The van der Waals surface area contributed by atoms with Gasteiger partial charge in [-0.05, 0) is 62.4 Å². The molecule has 1 aliphatic rings. The highest BCUT2D eigenvalue weighted by Gasteiger charge is 2.47. The van der Waals surface area contributed by atoms with Gasteiger partial charge in [-0.15, -0.1) is 5.10 Å². The Kier molecular flexibility index (Phi) is 8.43.